The predicted molar refractivity (Wildman–Crippen MR) is 124 cm³/mol. The molecule has 1 aliphatic heterocycles. The third-order valence-corrected chi connectivity index (χ3v) is 5.42. The molecule has 0 spiro atoms. The standard InChI is InChI=1S/C25H30FN5O/c1-18(2)32-15-5-13-28-24-21-11-14-31(16-19-7-9-20(26)10-8-19)17-23(21)29-25(30-24)22-6-3-4-12-27-22/h3-4,6-10,12,18H,5,11,13-17H2,1-2H3,(H,28,29,30). The fraction of sp³-hybridized carbons (Fsp3) is 0.400. The van der Waals surface area contributed by atoms with Gasteiger partial charge in [0, 0.05) is 44.5 Å². The number of halogens is 1. The van der Waals surface area contributed by atoms with Crippen LogP contribution in [0.5, 0.6) is 0 Å². The summed E-state index contributed by atoms with van der Waals surface area (Å²) in [5.74, 6) is 1.32. The second-order valence-corrected chi connectivity index (χ2v) is 8.32. The summed E-state index contributed by atoms with van der Waals surface area (Å²) in [5, 5.41) is 3.51. The van der Waals surface area contributed by atoms with Crippen LogP contribution in [-0.2, 0) is 24.2 Å². The summed E-state index contributed by atoms with van der Waals surface area (Å²) < 4.78 is 18.9. The Morgan fingerprint density at radius 2 is 1.97 bits per heavy atom. The smallest absolute Gasteiger partial charge is 0.180 e. The minimum absolute atomic E-state index is 0.208. The minimum atomic E-state index is -0.208. The van der Waals surface area contributed by atoms with Gasteiger partial charge in [-0.05, 0) is 56.5 Å². The number of nitrogens with zero attached hydrogens (tertiary/aromatic N) is 4. The molecule has 2 aromatic heterocycles. The number of anilines is 1. The average molecular weight is 436 g/mol. The average Bonchev–Trinajstić information content (AvgIpc) is 2.80. The number of hydrogen-bond acceptors (Lipinski definition) is 6. The second kappa shape index (κ2) is 10.6. The number of hydrogen-bond donors (Lipinski definition) is 1. The van der Waals surface area contributed by atoms with Crippen LogP contribution in [0, 0.1) is 5.82 Å². The summed E-state index contributed by atoms with van der Waals surface area (Å²) >= 11 is 0. The molecule has 0 atom stereocenters. The highest BCUT2D eigenvalue weighted by molar-refractivity contribution is 5.57. The Kier molecular flexibility index (Phi) is 7.39. The molecule has 0 saturated carbocycles. The third kappa shape index (κ3) is 5.87. The van der Waals surface area contributed by atoms with Crippen LogP contribution in [0.4, 0.5) is 10.2 Å². The topological polar surface area (TPSA) is 63.2 Å². The van der Waals surface area contributed by atoms with E-state index in [1.807, 2.05) is 44.2 Å². The molecule has 0 unspecified atom stereocenters. The van der Waals surface area contributed by atoms with Crippen molar-refractivity contribution in [3.05, 3.63) is 71.3 Å². The Morgan fingerprint density at radius 3 is 2.72 bits per heavy atom. The lowest BCUT2D eigenvalue weighted by molar-refractivity contribution is 0.0787. The van der Waals surface area contributed by atoms with E-state index >= 15 is 0 Å². The Bertz CT molecular complexity index is 1010. The highest BCUT2D eigenvalue weighted by Gasteiger charge is 2.23. The molecule has 0 saturated heterocycles. The molecule has 1 aliphatic rings. The van der Waals surface area contributed by atoms with Gasteiger partial charge in [-0.2, -0.15) is 0 Å². The van der Waals surface area contributed by atoms with Gasteiger partial charge in [0.25, 0.3) is 0 Å². The quantitative estimate of drug-likeness (QED) is 0.501. The Morgan fingerprint density at radius 1 is 1.12 bits per heavy atom. The molecular weight excluding hydrogens is 405 g/mol. The molecule has 3 heterocycles. The van der Waals surface area contributed by atoms with Crippen molar-refractivity contribution in [2.24, 2.45) is 0 Å². The van der Waals surface area contributed by atoms with E-state index in [4.69, 9.17) is 14.7 Å². The predicted octanol–water partition coefficient (Wildman–Crippen LogP) is 4.46. The molecule has 32 heavy (non-hydrogen) atoms. The maximum absolute atomic E-state index is 13.3. The van der Waals surface area contributed by atoms with Crippen LogP contribution in [0.3, 0.4) is 0 Å². The number of rotatable bonds is 9. The molecule has 1 aromatic carbocycles. The van der Waals surface area contributed by atoms with Crippen LogP contribution in [0.1, 0.15) is 37.1 Å². The summed E-state index contributed by atoms with van der Waals surface area (Å²) in [6.45, 7) is 7.99. The molecule has 0 radical (unpaired) electrons. The zero-order valence-corrected chi connectivity index (χ0v) is 18.7. The van der Waals surface area contributed by atoms with Gasteiger partial charge in [-0.15, -0.1) is 0 Å². The van der Waals surface area contributed by atoms with E-state index in [9.17, 15) is 4.39 Å². The van der Waals surface area contributed by atoms with Crippen molar-refractivity contribution in [3.63, 3.8) is 0 Å². The molecule has 0 aliphatic carbocycles. The van der Waals surface area contributed by atoms with Crippen LogP contribution in [-0.4, -0.2) is 45.7 Å². The van der Waals surface area contributed by atoms with Gasteiger partial charge in [-0.3, -0.25) is 9.88 Å². The van der Waals surface area contributed by atoms with Crippen LogP contribution in [0.2, 0.25) is 0 Å². The SMILES string of the molecule is CC(C)OCCCNc1nc(-c2ccccn2)nc2c1CCN(Cc1ccc(F)cc1)C2. The van der Waals surface area contributed by atoms with Crippen molar-refractivity contribution < 1.29 is 9.13 Å². The van der Waals surface area contributed by atoms with Crippen molar-refractivity contribution in [2.45, 2.75) is 45.9 Å². The molecule has 0 bridgehead atoms. The third-order valence-electron chi connectivity index (χ3n) is 5.42. The molecule has 0 fully saturated rings. The van der Waals surface area contributed by atoms with Crippen LogP contribution < -0.4 is 5.32 Å². The van der Waals surface area contributed by atoms with E-state index in [0.717, 1.165) is 68.4 Å². The van der Waals surface area contributed by atoms with Crippen molar-refractivity contribution >= 4 is 5.82 Å². The lowest BCUT2D eigenvalue weighted by Crippen LogP contribution is -2.32. The van der Waals surface area contributed by atoms with Crippen molar-refractivity contribution in [3.8, 4) is 11.5 Å². The van der Waals surface area contributed by atoms with Crippen LogP contribution in [0.15, 0.2) is 48.7 Å². The minimum Gasteiger partial charge on any atom is -0.379 e. The highest BCUT2D eigenvalue weighted by Crippen LogP contribution is 2.27. The van der Waals surface area contributed by atoms with E-state index in [1.54, 1.807) is 6.20 Å². The number of nitrogens with one attached hydrogen (secondary N) is 1. The number of aromatic nitrogens is 3. The zero-order valence-electron chi connectivity index (χ0n) is 18.7. The molecule has 7 heteroatoms. The lowest BCUT2D eigenvalue weighted by atomic mass is 10.0. The first kappa shape index (κ1) is 22.3. The number of pyridine rings is 1. The summed E-state index contributed by atoms with van der Waals surface area (Å²) in [6.07, 6.45) is 3.77. The number of benzene rings is 1. The monoisotopic (exact) mass is 435 g/mol. The lowest BCUT2D eigenvalue weighted by Gasteiger charge is -2.29. The number of ether oxygens (including phenoxy) is 1. The van der Waals surface area contributed by atoms with Crippen LogP contribution >= 0.6 is 0 Å². The van der Waals surface area contributed by atoms with Gasteiger partial charge >= 0.3 is 0 Å². The molecule has 0 amide bonds. The summed E-state index contributed by atoms with van der Waals surface area (Å²) in [7, 11) is 0. The second-order valence-electron chi connectivity index (χ2n) is 8.32. The largest absolute Gasteiger partial charge is 0.379 e. The van der Waals surface area contributed by atoms with Crippen LogP contribution in [0.25, 0.3) is 11.5 Å². The van der Waals surface area contributed by atoms with E-state index < -0.39 is 0 Å². The zero-order chi connectivity index (χ0) is 22.3. The van der Waals surface area contributed by atoms with Crippen molar-refractivity contribution in [2.75, 3.05) is 25.0 Å². The molecule has 3 aromatic rings. The van der Waals surface area contributed by atoms with Gasteiger partial charge in [-0.1, -0.05) is 18.2 Å². The fourth-order valence-corrected chi connectivity index (χ4v) is 3.82. The number of fused-ring (bicyclic) bond motifs is 1. The fourth-order valence-electron chi connectivity index (χ4n) is 3.82. The van der Waals surface area contributed by atoms with Crippen molar-refractivity contribution in [1.82, 2.24) is 19.9 Å². The molecular formula is C25H30FN5O. The van der Waals surface area contributed by atoms with Gasteiger partial charge in [0.05, 0.1) is 11.8 Å². The molecule has 4 rings (SSSR count). The van der Waals surface area contributed by atoms with E-state index in [1.165, 1.54) is 17.7 Å². The molecule has 168 valence electrons. The summed E-state index contributed by atoms with van der Waals surface area (Å²) in [5.41, 5.74) is 4.05. The Labute approximate surface area is 188 Å². The van der Waals surface area contributed by atoms with E-state index in [0.29, 0.717) is 5.82 Å². The van der Waals surface area contributed by atoms with E-state index in [2.05, 4.69) is 15.2 Å². The van der Waals surface area contributed by atoms with Crippen molar-refractivity contribution in [1.29, 1.82) is 0 Å². The van der Waals surface area contributed by atoms with Gasteiger partial charge in [0.15, 0.2) is 5.82 Å². The van der Waals surface area contributed by atoms with Gasteiger partial charge in [0.2, 0.25) is 0 Å². The first-order valence-corrected chi connectivity index (χ1v) is 11.2. The Hall–Kier alpha value is -2.90. The molecule has 6 nitrogen and oxygen atoms in total. The maximum atomic E-state index is 13.3. The normalized spacial score (nSPS) is 13.9. The van der Waals surface area contributed by atoms with Gasteiger partial charge in [0.1, 0.15) is 17.3 Å². The van der Waals surface area contributed by atoms with Gasteiger partial charge in [-0.25, -0.2) is 14.4 Å². The molecule has 1 N–H and O–H groups in total. The van der Waals surface area contributed by atoms with Gasteiger partial charge < -0.3 is 10.1 Å². The maximum Gasteiger partial charge on any atom is 0.180 e. The van der Waals surface area contributed by atoms with E-state index in [-0.39, 0.29) is 11.9 Å². The summed E-state index contributed by atoms with van der Waals surface area (Å²) in [4.78, 5) is 16.5. The summed E-state index contributed by atoms with van der Waals surface area (Å²) in [6, 6.07) is 12.5. The first-order chi connectivity index (χ1) is 15.6. The highest BCUT2D eigenvalue weighted by atomic mass is 19.1. The Balaban J connectivity index is 1.53. The first-order valence-electron chi connectivity index (χ1n) is 11.2.